The second-order valence-corrected chi connectivity index (χ2v) is 8.63. The topological polar surface area (TPSA) is 97.3 Å². The molecule has 0 bridgehead atoms. The molecule has 0 radical (unpaired) electrons. The standard InChI is InChI=1S/C19H20ClN3O5S/c1-13(14-7-8-17-18(11-14)28-10-9-27-17)21-22-19(24)12-23(29(2,25)26)16-6-4-3-5-15(16)20/h3-8,11H,9-10,12H2,1-2H3,(H,22,24)/b21-13+. The van der Waals surface area contributed by atoms with Crippen LogP contribution >= 0.6 is 11.6 Å². The molecule has 0 aliphatic carbocycles. The smallest absolute Gasteiger partial charge is 0.260 e. The summed E-state index contributed by atoms with van der Waals surface area (Å²) in [5.41, 5.74) is 3.87. The van der Waals surface area contributed by atoms with E-state index in [2.05, 4.69) is 10.5 Å². The van der Waals surface area contributed by atoms with Gasteiger partial charge in [-0.1, -0.05) is 23.7 Å². The van der Waals surface area contributed by atoms with Gasteiger partial charge in [-0.05, 0) is 37.3 Å². The Morgan fingerprint density at radius 3 is 2.55 bits per heavy atom. The van der Waals surface area contributed by atoms with Gasteiger partial charge in [0.2, 0.25) is 10.0 Å². The predicted molar refractivity (Wildman–Crippen MR) is 111 cm³/mol. The molecule has 0 aromatic heterocycles. The summed E-state index contributed by atoms with van der Waals surface area (Å²) in [6, 6.07) is 11.7. The van der Waals surface area contributed by atoms with Crippen molar-refractivity contribution in [3.63, 3.8) is 0 Å². The van der Waals surface area contributed by atoms with Gasteiger partial charge in [-0.25, -0.2) is 13.8 Å². The van der Waals surface area contributed by atoms with E-state index in [-0.39, 0.29) is 10.7 Å². The first-order valence-electron chi connectivity index (χ1n) is 8.71. The van der Waals surface area contributed by atoms with E-state index < -0.39 is 22.5 Å². The summed E-state index contributed by atoms with van der Waals surface area (Å²) in [4.78, 5) is 12.3. The number of rotatable bonds is 6. The van der Waals surface area contributed by atoms with Gasteiger partial charge in [-0.3, -0.25) is 9.10 Å². The number of hydrogen-bond acceptors (Lipinski definition) is 6. The van der Waals surface area contributed by atoms with Crippen molar-refractivity contribution in [3.05, 3.63) is 53.1 Å². The summed E-state index contributed by atoms with van der Waals surface area (Å²) in [6.45, 7) is 2.22. The molecule has 1 amide bonds. The van der Waals surface area contributed by atoms with Crippen LogP contribution in [-0.2, 0) is 14.8 Å². The average Bonchev–Trinajstić information content (AvgIpc) is 2.69. The summed E-state index contributed by atoms with van der Waals surface area (Å²) < 4.78 is 36.2. The Bertz CT molecular complexity index is 1060. The second kappa shape index (κ2) is 8.71. The molecule has 29 heavy (non-hydrogen) atoms. The molecule has 0 spiro atoms. The number of carbonyl (C=O) groups excluding carboxylic acids is 1. The fraction of sp³-hybridized carbons (Fsp3) is 0.263. The first-order chi connectivity index (χ1) is 13.8. The molecule has 1 aliphatic rings. The lowest BCUT2D eigenvalue weighted by Gasteiger charge is -2.22. The largest absolute Gasteiger partial charge is 0.486 e. The monoisotopic (exact) mass is 437 g/mol. The number of hydrogen-bond donors (Lipinski definition) is 1. The quantitative estimate of drug-likeness (QED) is 0.553. The minimum Gasteiger partial charge on any atom is -0.486 e. The maximum absolute atomic E-state index is 12.3. The van der Waals surface area contributed by atoms with Crippen molar-refractivity contribution in [2.24, 2.45) is 5.10 Å². The normalized spacial score (nSPS) is 13.7. The van der Waals surface area contributed by atoms with Gasteiger partial charge in [0.1, 0.15) is 19.8 Å². The minimum atomic E-state index is -3.73. The van der Waals surface area contributed by atoms with Crippen molar-refractivity contribution < 1.29 is 22.7 Å². The van der Waals surface area contributed by atoms with E-state index in [0.717, 1.165) is 16.1 Å². The molecule has 0 fully saturated rings. The fourth-order valence-corrected chi connectivity index (χ4v) is 3.84. The number of anilines is 1. The van der Waals surface area contributed by atoms with Crippen LogP contribution in [0.1, 0.15) is 12.5 Å². The number of ether oxygens (including phenoxy) is 2. The molecule has 154 valence electrons. The highest BCUT2D eigenvalue weighted by atomic mass is 35.5. The Labute approximate surface area is 174 Å². The van der Waals surface area contributed by atoms with Crippen LogP contribution in [0.2, 0.25) is 5.02 Å². The number of nitrogens with one attached hydrogen (secondary N) is 1. The Hall–Kier alpha value is -2.78. The van der Waals surface area contributed by atoms with Gasteiger partial charge < -0.3 is 9.47 Å². The van der Waals surface area contributed by atoms with Gasteiger partial charge in [-0.15, -0.1) is 0 Å². The van der Waals surface area contributed by atoms with Gasteiger partial charge in [0, 0.05) is 5.56 Å². The summed E-state index contributed by atoms with van der Waals surface area (Å²) in [6.07, 6.45) is 1.01. The summed E-state index contributed by atoms with van der Waals surface area (Å²) in [7, 11) is -3.73. The third-order valence-electron chi connectivity index (χ3n) is 4.12. The second-order valence-electron chi connectivity index (χ2n) is 6.31. The minimum absolute atomic E-state index is 0.222. The molecule has 2 aromatic rings. The number of amides is 1. The number of fused-ring (bicyclic) bond motifs is 1. The zero-order valence-corrected chi connectivity index (χ0v) is 17.5. The number of carbonyl (C=O) groups is 1. The van der Waals surface area contributed by atoms with Crippen molar-refractivity contribution >= 4 is 38.9 Å². The molecular weight excluding hydrogens is 418 g/mol. The van der Waals surface area contributed by atoms with Gasteiger partial charge in [-0.2, -0.15) is 5.10 Å². The van der Waals surface area contributed by atoms with Crippen LogP contribution in [0.25, 0.3) is 0 Å². The third-order valence-corrected chi connectivity index (χ3v) is 5.56. The average molecular weight is 438 g/mol. The van der Waals surface area contributed by atoms with Crippen molar-refractivity contribution in [2.45, 2.75) is 6.92 Å². The van der Waals surface area contributed by atoms with E-state index in [1.54, 1.807) is 43.3 Å². The van der Waals surface area contributed by atoms with E-state index in [0.29, 0.717) is 30.4 Å². The lowest BCUT2D eigenvalue weighted by atomic mass is 10.1. The Morgan fingerprint density at radius 2 is 1.86 bits per heavy atom. The molecule has 8 nitrogen and oxygen atoms in total. The summed E-state index contributed by atoms with van der Waals surface area (Å²) in [5, 5.41) is 4.28. The molecule has 1 N–H and O–H groups in total. The van der Waals surface area contributed by atoms with Crippen LogP contribution in [-0.4, -0.2) is 46.1 Å². The van der Waals surface area contributed by atoms with E-state index in [9.17, 15) is 13.2 Å². The Kier molecular flexibility index (Phi) is 6.29. The van der Waals surface area contributed by atoms with E-state index in [1.165, 1.54) is 6.07 Å². The number of halogens is 1. The third kappa shape index (κ3) is 5.18. The maximum Gasteiger partial charge on any atom is 0.260 e. The first kappa shape index (κ1) is 20.9. The number of hydrazone groups is 1. The predicted octanol–water partition coefficient (Wildman–Crippen LogP) is 2.42. The van der Waals surface area contributed by atoms with Crippen LogP contribution in [0, 0.1) is 0 Å². The molecule has 10 heteroatoms. The fourth-order valence-electron chi connectivity index (χ4n) is 2.68. The number of nitrogens with zero attached hydrogens (tertiary/aromatic N) is 2. The highest BCUT2D eigenvalue weighted by Gasteiger charge is 2.22. The lowest BCUT2D eigenvalue weighted by Crippen LogP contribution is -2.39. The van der Waals surface area contributed by atoms with E-state index in [4.69, 9.17) is 21.1 Å². The van der Waals surface area contributed by atoms with Crippen molar-refractivity contribution in [2.75, 3.05) is 30.3 Å². The molecule has 2 aromatic carbocycles. The Morgan fingerprint density at radius 1 is 1.17 bits per heavy atom. The highest BCUT2D eigenvalue weighted by molar-refractivity contribution is 7.92. The van der Waals surface area contributed by atoms with Crippen molar-refractivity contribution in [1.82, 2.24) is 5.43 Å². The molecule has 0 unspecified atom stereocenters. The molecule has 0 atom stereocenters. The highest BCUT2D eigenvalue weighted by Crippen LogP contribution is 2.31. The molecule has 3 rings (SSSR count). The first-order valence-corrected chi connectivity index (χ1v) is 10.9. The van der Waals surface area contributed by atoms with Crippen molar-refractivity contribution in [1.29, 1.82) is 0 Å². The molecular formula is C19H20ClN3O5S. The summed E-state index contributed by atoms with van der Waals surface area (Å²) >= 11 is 6.09. The Balaban J connectivity index is 1.72. The van der Waals surface area contributed by atoms with Gasteiger partial charge in [0.15, 0.2) is 11.5 Å². The van der Waals surface area contributed by atoms with Crippen LogP contribution in [0.3, 0.4) is 0 Å². The molecule has 1 aliphatic heterocycles. The maximum atomic E-state index is 12.3. The van der Waals surface area contributed by atoms with Gasteiger partial charge in [0.05, 0.1) is 22.7 Å². The zero-order valence-electron chi connectivity index (χ0n) is 15.9. The van der Waals surface area contributed by atoms with Crippen LogP contribution in [0.5, 0.6) is 11.5 Å². The zero-order chi connectivity index (χ0) is 21.0. The number of sulfonamides is 1. The number of benzene rings is 2. The lowest BCUT2D eigenvalue weighted by molar-refractivity contribution is -0.119. The van der Waals surface area contributed by atoms with Crippen LogP contribution < -0.4 is 19.2 Å². The molecule has 0 saturated heterocycles. The molecule has 0 saturated carbocycles. The van der Waals surface area contributed by atoms with Gasteiger partial charge >= 0.3 is 0 Å². The molecule has 1 heterocycles. The van der Waals surface area contributed by atoms with Crippen LogP contribution in [0.4, 0.5) is 5.69 Å². The van der Waals surface area contributed by atoms with Gasteiger partial charge in [0.25, 0.3) is 5.91 Å². The van der Waals surface area contributed by atoms with E-state index in [1.807, 2.05) is 0 Å². The van der Waals surface area contributed by atoms with Crippen molar-refractivity contribution in [3.8, 4) is 11.5 Å². The number of para-hydroxylation sites is 1. The summed E-state index contributed by atoms with van der Waals surface area (Å²) in [5.74, 6) is 0.657. The SMILES string of the molecule is C/C(=N\NC(=O)CN(c1ccccc1Cl)S(C)(=O)=O)c1ccc2c(c1)OCCO2. The van der Waals surface area contributed by atoms with Crippen LogP contribution in [0.15, 0.2) is 47.6 Å². The van der Waals surface area contributed by atoms with E-state index >= 15 is 0 Å².